The zero-order chi connectivity index (χ0) is 13.5. The van der Waals surface area contributed by atoms with Crippen LogP contribution in [0.5, 0.6) is 0 Å². The first kappa shape index (κ1) is 14.3. The summed E-state index contributed by atoms with van der Waals surface area (Å²) in [5, 5.41) is 0. The highest BCUT2D eigenvalue weighted by Gasteiger charge is 2.29. The van der Waals surface area contributed by atoms with Crippen molar-refractivity contribution in [2.75, 3.05) is 0 Å². The van der Waals surface area contributed by atoms with Gasteiger partial charge in [0, 0.05) is 25.0 Å². The van der Waals surface area contributed by atoms with Crippen molar-refractivity contribution in [3.05, 3.63) is 35.9 Å². The van der Waals surface area contributed by atoms with Gasteiger partial charge in [0.25, 0.3) is 0 Å². The van der Waals surface area contributed by atoms with Crippen LogP contribution in [0.3, 0.4) is 0 Å². The summed E-state index contributed by atoms with van der Waals surface area (Å²) in [6.45, 7) is 3.41. The number of unbranched alkanes of at least 4 members (excludes halogenated alkanes) is 2. The van der Waals surface area contributed by atoms with E-state index in [0.29, 0.717) is 12.1 Å². The van der Waals surface area contributed by atoms with Crippen LogP contribution in [0.2, 0.25) is 0 Å². The van der Waals surface area contributed by atoms with E-state index in [4.69, 9.17) is 0 Å². The van der Waals surface area contributed by atoms with Crippen molar-refractivity contribution >= 4 is 6.29 Å². The fourth-order valence-electron chi connectivity index (χ4n) is 3.12. The maximum absolute atomic E-state index is 10.3. The van der Waals surface area contributed by atoms with E-state index in [1.54, 1.807) is 0 Å². The van der Waals surface area contributed by atoms with E-state index in [1.165, 1.54) is 31.2 Å². The van der Waals surface area contributed by atoms with Crippen molar-refractivity contribution in [2.45, 2.75) is 64.1 Å². The van der Waals surface area contributed by atoms with Crippen molar-refractivity contribution in [3.8, 4) is 0 Å². The summed E-state index contributed by atoms with van der Waals surface area (Å²) >= 11 is 0. The fourth-order valence-corrected chi connectivity index (χ4v) is 3.12. The molecule has 19 heavy (non-hydrogen) atoms. The number of carbonyl (C=O) groups is 1. The summed E-state index contributed by atoms with van der Waals surface area (Å²) in [4.78, 5) is 13.0. The molecule has 104 valence electrons. The molecule has 0 unspecified atom stereocenters. The molecular formula is C17H25NO. The van der Waals surface area contributed by atoms with Crippen LogP contribution in [0.15, 0.2) is 30.3 Å². The number of carbonyl (C=O) groups excluding carboxylic acids is 1. The molecule has 2 rings (SSSR count). The average Bonchev–Trinajstić information content (AvgIpc) is 2.78. The molecule has 0 aromatic heterocycles. The van der Waals surface area contributed by atoms with Crippen molar-refractivity contribution in [3.63, 3.8) is 0 Å². The molecule has 2 atom stereocenters. The number of rotatable bonds is 7. The first-order valence-electron chi connectivity index (χ1n) is 7.54. The van der Waals surface area contributed by atoms with Gasteiger partial charge in [0.15, 0.2) is 0 Å². The SMILES string of the molecule is C[C@H]1CC[C@H](CCCCC=O)N1Cc1ccccc1. The number of nitrogens with zero attached hydrogens (tertiary/aromatic N) is 1. The minimum Gasteiger partial charge on any atom is -0.303 e. The molecule has 0 N–H and O–H groups in total. The molecule has 1 heterocycles. The summed E-state index contributed by atoms with van der Waals surface area (Å²) in [5.41, 5.74) is 1.41. The third-order valence-corrected chi connectivity index (χ3v) is 4.27. The van der Waals surface area contributed by atoms with Gasteiger partial charge in [-0.3, -0.25) is 4.90 Å². The molecule has 1 saturated heterocycles. The molecule has 1 aromatic carbocycles. The molecule has 1 aliphatic rings. The number of hydrogen-bond donors (Lipinski definition) is 0. The van der Waals surface area contributed by atoms with Crippen LogP contribution >= 0.6 is 0 Å². The first-order valence-corrected chi connectivity index (χ1v) is 7.54. The standard InChI is InChI=1S/C17H25NO/c1-15-11-12-17(10-6-3-7-13-19)18(15)14-16-8-4-2-5-9-16/h2,4-5,8-9,13,15,17H,3,6-7,10-12,14H2,1H3/t15-,17-/m0/s1. The molecule has 0 amide bonds. The average molecular weight is 259 g/mol. The van der Waals surface area contributed by atoms with Crippen LogP contribution in [0, 0.1) is 0 Å². The van der Waals surface area contributed by atoms with Gasteiger partial charge in [-0.25, -0.2) is 0 Å². The Kier molecular flexibility index (Phi) is 5.59. The lowest BCUT2D eigenvalue weighted by Gasteiger charge is -2.28. The van der Waals surface area contributed by atoms with Gasteiger partial charge in [-0.05, 0) is 38.2 Å². The van der Waals surface area contributed by atoms with E-state index in [9.17, 15) is 4.79 Å². The smallest absolute Gasteiger partial charge is 0.119 e. The zero-order valence-electron chi connectivity index (χ0n) is 11.9. The Morgan fingerprint density at radius 3 is 2.74 bits per heavy atom. The Morgan fingerprint density at radius 2 is 2.00 bits per heavy atom. The third-order valence-electron chi connectivity index (χ3n) is 4.27. The highest BCUT2D eigenvalue weighted by molar-refractivity contribution is 5.48. The van der Waals surface area contributed by atoms with Gasteiger partial charge in [-0.1, -0.05) is 36.8 Å². The Labute approximate surface area is 116 Å². The maximum atomic E-state index is 10.3. The van der Waals surface area contributed by atoms with Gasteiger partial charge in [0.2, 0.25) is 0 Å². The van der Waals surface area contributed by atoms with Crippen molar-refractivity contribution in [1.29, 1.82) is 0 Å². The molecule has 0 radical (unpaired) electrons. The summed E-state index contributed by atoms with van der Waals surface area (Å²) in [5.74, 6) is 0. The third kappa shape index (κ3) is 4.17. The second-order valence-corrected chi connectivity index (χ2v) is 5.69. The molecule has 0 aliphatic carbocycles. The summed E-state index contributed by atoms with van der Waals surface area (Å²) in [6.07, 6.45) is 7.86. The van der Waals surface area contributed by atoms with Crippen molar-refractivity contribution in [2.24, 2.45) is 0 Å². The largest absolute Gasteiger partial charge is 0.303 e. The van der Waals surface area contributed by atoms with E-state index >= 15 is 0 Å². The second-order valence-electron chi connectivity index (χ2n) is 5.69. The quantitative estimate of drug-likeness (QED) is 0.548. The molecule has 1 fully saturated rings. The van der Waals surface area contributed by atoms with Gasteiger partial charge in [-0.15, -0.1) is 0 Å². The minimum atomic E-state index is 0.691. The van der Waals surface area contributed by atoms with E-state index in [-0.39, 0.29) is 0 Å². The highest BCUT2D eigenvalue weighted by atomic mass is 16.1. The van der Waals surface area contributed by atoms with Crippen LogP contribution < -0.4 is 0 Å². The van der Waals surface area contributed by atoms with Crippen molar-refractivity contribution in [1.82, 2.24) is 4.90 Å². The normalized spacial score (nSPS) is 23.6. The fraction of sp³-hybridized carbons (Fsp3) is 0.588. The Bertz CT molecular complexity index is 376. The van der Waals surface area contributed by atoms with E-state index < -0.39 is 0 Å². The predicted molar refractivity (Wildman–Crippen MR) is 79.0 cm³/mol. The van der Waals surface area contributed by atoms with Crippen LogP contribution in [0.25, 0.3) is 0 Å². The summed E-state index contributed by atoms with van der Waals surface area (Å²) < 4.78 is 0. The second kappa shape index (κ2) is 7.44. The summed E-state index contributed by atoms with van der Waals surface area (Å²) in [7, 11) is 0. The van der Waals surface area contributed by atoms with Crippen LogP contribution in [0.1, 0.15) is 51.0 Å². The Hall–Kier alpha value is -1.15. The zero-order valence-corrected chi connectivity index (χ0v) is 11.9. The maximum Gasteiger partial charge on any atom is 0.119 e. The summed E-state index contributed by atoms with van der Waals surface area (Å²) in [6, 6.07) is 12.2. The molecule has 0 bridgehead atoms. The number of aldehydes is 1. The lowest BCUT2D eigenvalue weighted by molar-refractivity contribution is -0.107. The number of likely N-dealkylation sites (tertiary alicyclic amines) is 1. The highest BCUT2D eigenvalue weighted by Crippen LogP contribution is 2.29. The first-order chi connectivity index (χ1) is 9.31. The van der Waals surface area contributed by atoms with E-state index in [0.717, 1.165) is 25.7 Å². The van der Waals surface area contributed by atoms with Crippen LogP contribution in [-0.2, 0) is 11.3 Å². The van der Waals surface area contributed by atoms with E-state index in [1.807, 2.05) is 0 Å². The molecule has 0 saturated carbocycles. The predicted octanol–water partition coefficient (Wildman–Crippen LogP) is 3.80. The number of hydrogen-bond acceptors (Lipinski definition) is 2. The lowest BCUT2D eigenvalue weighted by Crippen LogP contribution is -2.33. The Morgan fingerprint density at radius 1 is 1.21 bits per heavy atom. The molecule has 1 aromatic rings. The molecular weight excluding hydrogens is 234 g/mol. The molecule has 2 nitrogen and oxygen atoms in total. The van der Waals surface area contributed by atoms with Crippen molar-refractivity contribution < 1.29 is 4.79 Å². The topological polar surface area (TPSA) is 20.3 Å². The number of benzene rings is 1. The molecule has 0 spiro atoms. The molecule has 1 aliphatic heterocycles. The molecule has 2 heteroatoms. The van der Waals surface area contributed by atoms with Gasteiger partial charge in [0.1, 0.15) is 6.29 Å². The van der Waals surface area contributed by atoms with Gasteiger partial charge >= 0.3 is 0 Å². The van der Waals surface area contributed by atoms with Crippen LogP contribution in [-0.4, -0.2) is 23.3 Å². The monoisotopic (exact) mass is 259 g/mol. The van der Waals surface area contributed by atoms with Gasteiger partial charge < -0.3 is 4.79 Å². The minimum absolute atomic E-state index is 0.691. The van der Waals surface area contributed by atoms with Gasteiger partial charge in [0.05, 0.1) is 0 Å². The van der Waals surface area contributed by atoms with Gasteiger partial charge in [-0.2, -0.15) is 0 Å². The Balaban J connectivity index is 1.86. The van der Waals surface area contributed by atoms with Crippen LogP contribution in [0.4, 0.5) is 0 Å². The van der Waals surface area contributed by atoms with E-state index in [2.05, 4.69) is 42.2 Å². The lowest BCUT2D eigenvalue weighted by atomic mass is 10.1.